The van der Waals surface area contributed by atoms with Gasteiger partial charge in [-0.05, 0) is 37.0 Å². The van der Waals surface area contributed by atoms with Crippen LogP contribution in [0.1, 0.15) is 41.4 Å². The number of nitrogens with zero attached hydrogens (tertiary/aromatic N) is 5. The van der Waals surface area contributed by atoms with Crippen LogP contribution in [0.25, 0.3) is 0 Å². The SMILES string of the molecule is COc1ccc(CCC(=O)N2CC(n3cc(C(=O)N4CCCC4)nn3)C2)cc1. The topological polar surface area (TPSA) is 80.6 Å². The van der Waals surface area contributed by atoms with Crippen molar-refractivity contribution in [3.63, 3.8) is 0 Å². The minimum atomic E-state index is -0.0458. The second-order valence-electron chi connectivity index (χ2n) is 7.38. The number of ether oxygens (including phenoxy) is 1. The molecule has 1 aromatic heterocycles. The van der Waals surface area contributed by atoms with Gasteiger partial charge in [-0.25, -0.2) is 4.68 Å². The molecule has 0 radical (unpaired) electrons. The molecule has 3 heterocycles. The van der Waals surface area contributed by atoms with Gasteiger partial charge in [0.25, 0.3) is 5.91 Å². The molecule has 2 saturated heterocycles. The highest BCUT2D eigenvalue weighted by atomic mass is 16.5. The molecule has 2 aliphatic rings. The Hall–Kier alpha value is -2.90. The van der Waals surface area contributed by atoms with Crippen LogP contribution >= 0.6 is 0 Å². The minimum absolute atomic E-state index is 0.0458. The van der Waals surface area contributed by atoms with E-state index in [0.717, 1.165) is 37.2 Å². The number of carbonyl (C=O) groups excluding carboxylic acids is 2. The van der Waals surface area contributed by atoms with Crippen LogP contribution in [0.5, 0.6) is 5.75 Å². The summed E-state index contributed by atoms with van der Waals surface area (Å²) in [6, 6.07) is 7.88. The molecule has 0 spiro atoms. The van der Waals surface area contributed by atoms with E-state index in [2.05, 4.69) is 10.3 Å². The van der Waals surface area contributed by atoms with Crippen molar-refractivity contribution < 1.29 is 14.3 Å². The molecule has 2 amide bonds. The van der Waals surface area contributed by atoms with E-state index in [-0.39, 0.29) is 17.9 Å². The first-order valence-corrected chi connectivity index (χ1v) is 9.76. The molecule has 8 heteroatoms. The molecule has 0 bridgehead atoms. The molecule has 1 aromatic carbocycles. The number of aromatic nitrogens is 3. The van der Waals surface area contributed by atoms with Crippen LogP contribution in [-0.2, 0) is 11.2 Å². The third-order valence-electron chi connectivity index (χ3n) is 5.50. The van der Waals surface area contributed by atoms with Crippen molar-refractivity contribution in [2.75, 3.05) is 33.3 Å². The van der Waals surface area contributed by atoms with Crippen LogP contribution < -0.4 is 4.74 Å². The van der Waals surface area contributed by atoms with E-state index < -0.39 is 0 Å². The van der Waals surface area contributed by atoms with E-state index in [1.54, 1.807) is 18.0 Å². The lowest BCUT2D eigenvalue weighted by Crippen LogP contribution is -2.51. The third-order valence-corrected chi connectivity index (χ3v) is 5.50. The summed E-state index contributed by atoms with van der Waals surface area (Å²) in [7, 11) is 1.64. The lowest BCUT2D eigenvalue weighted by Gasteiger charge is -2.39. The van der Waals surface area contributed by atoms with Crippen molar-refractivity contribution in [3.05, 3.63) is 41.7 Å². The highest BCUT2D eigenvalue weighted by molar-refractivity contribution is 5.92. The standard InChI is InChI=1S/C20H25N5O3/c1-28-17-7-4-15(5-8-17)6-9-19(26)24-12-16(13-24)25-14-18(21-22-25)20(27)23-10-2-3-11-23/h4-5,7-8,14,16H,2-3,6,9-13H2,1H3. The minimum Gasteiger partial charge on any atom is -0.497 e. The molecule has 2 aromatic rings. The van der Waals surface area contributed by atoms with Crippen LogP contribution in [-0.4, -0.2) is 69.9 Å². The largest absolute Gasteiger partial charge is 0.497 e. The molecule has 0 unspecified atom stereocenters. The first-order chi connectivity index (χ1) is 13.6. The van der Waals surface area contributed by atoms with Gasteiger partial charge in [-0.2, -0.15) is 0 Å². The number of methoxy groups -OCH3 is 1. The monoisotopic (exact) mass is 383 g/mol. The molecule has 0 saturated carbocycles. The Kier molecular flexibility index (Phi) is 5.27. The van der Waals surface area contributed by atoms with Crippen LogP contribution in [0.2, 0.25) is 0 Å². The van der Waals surface area contributed by atoms with Crippen LogP contribution in [0.15, 0.2) is 30.5 Å². The van der Waals surface area contributed by atoms with Crippen molar-refractivity contribution in [1.29, 1.82) is 0 Å². The van der Waals surface area contributed by atoms with E-state index in [1.807, 2.05) is 34.1 Å². The fraction of sp³-hybridized carbons (Fsp3) is 0.500. The summed E-state index contributed by atoms with van der Waals surface area (Å²) < 4.78 is 6.87. The Morgan fingerprint density at radius 1 is 1.11 bits per heavy atom. The first-order valence-electron chi connectivity index (χ1n) is 9.76. The second-order valence-corrected chi connectivity index (χ2v) is 7.38. The van der Waals surface area contributed by atoms with E-state index in [4.69, 9.17) is 4.74 Å². The van der Waals surface area contributed by atoms with Gasteiger partial charge in [0.2, 0.25) is 5.91 Å². The van der Waals surface area contributed by atoms with Gasteiger partial charge in [0.1, 0.15) is 5.75 Å². The zero-order valence-corrected chi connectivity index (χ0v) is 16.1. The Balaban J connectivity index is 1.24. The molecule has 0 atom stereocenters. The van der Waals surface area contributed by atoms with E-state index in [1.165, 1.54) is 0 Å². The maximum atomic E-state index is 12.4. The smallest absolute Gasteiger partial charge is 0.276 e. The van der Waals surface area contributed by atoms with Gasteiger partial charge in [0.05, 0.1) is 19.3 Å². The highest BCUT2D eigenvalue weighted by Crippen LogP contribution is 2.22. The van der Waals surface area contributed by atoms with E-state index >= 15 is 0 Å². The van der Waals surface area contributed by atoms with Gasteiger partial charge in [-0.1, -0.05) is 17.3 Å². The molecule has 148 valence electrons. The first kappa shape index (κ1) is 18.5. The van der Waals surface area contributed by atoms with Gasteiger partial charge >= 0.3 is 0 Å². The predicted molar refractivity (Wildman–Crippen MR) is 102 cm³/mol. The van der Waals surface area contributed by atoms with Gasteiger partial charge < -0.3 is 14.5 Å². The summed E-state index contributed by atoms with van der Waals surface area (Å²) in [4.78, 5) is 28.4. The summed E-state index contributed by atoms with van der Waals surface area (Å²) in [5, 5.41) is 8.14. The Bertz CT molecular complexity index is 836. The number of benzene rings is 1. The fourth-order valence-electron chi connectivity index (χ4n) is 3.66. The van der Waals surface area contributed by atoms with Crippen molar-refractivity contribution in [2.24, 2.45) is 0 Å². The maximum absolute atomic E-state index is 12.4. The number of rotatable bonds is 6. The van der Waals surface area contributed by atoms with Crippen molar-refractivity contribution in [2.45, 2.75) is 31.7 Å². The Morgan fingerprint density at radius 3 is 2.50 bits per heavy atom. The van der Waals surface area contributed by atoms with Crippen molar-refractivity contribution in [3.8, 4) is 5.75 Å². The summed E-state index contributed by atoms with van der Waals surface area (Å²) in [6.07, 6.45) is 5.01. The zero-order chi connectivity index (χ0) is 19.5. The number of hydrogen-bond acceptors (Lipinski definition) is 5. The number of amides is 2. The third kappa shape index (κ3) is 3.85. The van der Waals surface area contributed by atoms with Gasteiger partial charge in [0, 0.05) is 32.6 Å². The molecule has 2 fully saturated rings. The molecule has 8 nitrogen and oxygen atoms in total. The molecule has 4 rings (SSSR count). The molecule has 28 heavy (non-hydrogen) atoms. The lowest BCUT2D eigenvalue weighted by atomic mass is 10.1. The number of aryl methyl sites for hydroxylation is 1. The number of carbonyl (C=O) groups is 2. The van der Waals surface area contributed by atoms with Crippen LogP contribution in [0.3, 0.4) is 0 Å². The van der Waals surface area contributed by atoms with E-state index in [9.17, 15) is 9.59 Å². The molecule has 2 aliphatic heterocycles. The molecular formula is C20H25N5O3. The fourth-order valence-corrected chi connectivity index (χ4v) is 3.66. The van der Waals surface area contributed by atoms with Crippen LogP contribution in [0, 0.1) is 0 Å². The highest BCUT2D eigenvalue weighted by Gasteiger charge is 2.33. The Labute approximate surface area is 164 Å². The summed E-state index contributed by atoms with van der Waals surface area (Å²) in [5.41, 5.74) is 1.51. The normalized spacial score (nSPS) is 16.9. The van der Waals surface area contributed by atoms with E-state index in [0.29, 0.717) is 31.6 Å². The number of likely N-dealkylation sites (tertiary alicyclic amines) is 2. The average Bonchev–Trinajstić information content (AvgIpc) is 3.37. The average molecular weight is 383 g/mol. The van der Waals surface area contributed by atoms with Gasteiger partial charge in [-0.15, -0.1) is 5.10 Å². The summed E-state index contributed by atoms with van der Waals surface area (Å²) in [5.74, 6) is 0.909. The molecule has 0 N–H and O–H groups in total. The van der Waals surface area contributed by atoms with Gasteiger partial charge in [-0.3, -0.25) is 9.59 Å². The maximum Gasteiger partial charge on any atom is 0.276 e. The zero-order valence-electron chi connectivity index (χ0n) is 16.1. The predicted octanol–water partition coefficient (Wildman–Crippen LogP) is 1.54. The molecule has 0 aliphatic carbocycles. The quantitative estimate of drug-likeness (QED) is 0.756. The van der Waals surface area contributed by atoms with Crippen molar-refractivity contribution in [1.82, 2.24) is 24.8 Å². The summed E-state index contributed by atoms with van der Waals surface area (Å²) in [6.45, 7) is 2.82. The number of hydrogen-bond donors (Lipinski definition) is 0. The lowest BCUT2D eigenvalue weighted by molar-refractivity contribution is -0.137. The summed E-state index contributed by atoms with van der Waals surface area (Å²) >= 11 is 0. The van der Waals surface area contributed by atoms with Gasteiger partial charge in [0.15, 0.2) is 5.69 Å². The Morgan fingerprint density at radius 2 is 1.82 bits per heavy atom. The van der Waals surface area contributed by atoms with Crippen LogP contribution in [0.4, 0.5) is 0 Å². The van der Waals surface area contributed by atoms with Crippen molar-refractivity contribution >= 4 is 11.8 Å². The molecular weight excluding hydrogens is 358 g/mol. The second kappa shape index (κ2) is 8.00.